The third-order valence-corrected chi connectivity index (χ3v) is 4.14. The van der Waals surface area contributed by atoms with Crippen LogP contribution in [0.4, 0.5) is 5.69 Å². The predicted molar refractivity (Wildman–Crippen MR) is 109 cm³/mol. The van der Waals surface area contributed by atoms with Crippen molar-refractivity contribution in [2.24, 2.45) is 5.10 Å². The zero-order valence-electron chi connectivity index (χ0n) is 15.3. The van der Waals surface area contributed by atoms with Crippen molar-refractivity contribution >= 4 is 11.4 Å². The van der Waals surface area contributed by atoms with Gasteiger partial charge in [0.15, 0.2) is 0 Å². The summed E-state index contributed by atoms with van der Waals surface area (Å²) in [6.45, 7) is 2.82. The van der Waals surface area contributed by atoms with E-state index in [0.717, 1.165) is 30.1 Å². The Kier molecular flexibility index (Phi) is 6.05. The average molecular weight is 344 g/mol. The van der Waals surface area contributed by atoms with Gasteiger partial charge in [-0.25, -0.2) is 0 Å². The van der Waals surface area contributed by atoms with E-state index in [9.17, 15) is 0 Å². The second kappa shape index (κ2) is 8.86. The second-order valence-corrected chi connectivity index (χ2v) is 6.24. The van der Waals surface area contributed by atoms with E-state index >= 15 is 0 Å². The minimum Gasteiger partial charge on any atom is -0.497 e. The van der Waals surface area contributed by atoms with Crippen LogP contribution < -0.4 is 9.75 Å². The molecule has 0 saturated heterocycles. The number of hydrogen-bond acceptors (Lipinski definition) is 3. The summed E-state index contributed by atoms with van der Waals surface area (Å²) in [6, 6.07) is 28.9. The van der Waals surface area contributed by atoms with E-state index in [0.29, 0.717) is 0 Å². The highest BCUT2D eigenvalue weighted by molar-refractivity contribution is 5.85. The molecule has 3 nitrogen and oxygen atoms in total. The Bertz CT molecular complexity index is 827. The number of benzene rings is 3. The Morgan fingerprint density at radius 2 is 1.42 bits per heavy atom. The number of hydrazone groups is 1. The normalized spacial score (nSPS) is 11.2. The first-order valence-electron chi connectivity index (χ1n) is 8.78. The van der Waals surface area contributed by atoms with E-state index in [4.69, 9.17) is 9.84 Å². The van der Waals surface area contributed by atoms with E-state index in [-0.39, 0.29) is 0 Å². The van der Waals surface area contributed by atoms with E-state index < -0.39 is 0 Å². The lowest BCUT2D eigenvalue weighted by molar-refractivity contribution is 0.414. The number of para-hydroxylation sites is 1. The summed E-state index contributed by atoms with van der Waals surface area (Å²) >= 11 is 0. The van der Waals surface area contributed by atoms with Crippen molar-refractivity contribution in [1.82, 2.24) is 0 Å². The topological polar surface area (TPSA) is 24.8 Å². The first-order valence-corrected chi connectivity index (χ1v) is 8.78. The molecule has 0 atom stereocenters. The molecule has 0 heterocycles. The van der Waals surface area contributed by atoms with Crippen LogP contribution in [0.5, 0.6) is 5.75 Å². The van der Waals surface area contributed by atoms with E-state index in [1.165, 1.54) is 11.1 Å². The molecule has 0 aliphatic carbocycles. The van der Waals surface area contributed by atoms with Gasteiger partial charge in [0.2, 0.25) is 0 Å². The zero-order chi connectivity index (χ0) is 18.2. The van der Waals surface area contributed by atoms with Crippen molar-refractivity contribution in [2.75, 3.05) is 12.1 Å². The van der Waals surface area contributed by atoms with Crippen LogP contribution >= 0.6 is 0 Å². The molecule has 132 valence electrons. The SMILES string of the molecule is COc1ccc(CC(C)=NN(Cc2ccccc2)c2ccccc2)cc1. The maximum absolute atomic E-state index is 5.22. The van der Waals surface area contributed by atoms with Gasteiger partial charge in [0.05, 0.1) is 19.3 Å². The van der Waals surface area contributed by atoms with Gasteiger partial charge in [-0.2, -0.15) is 5.10 Å². The van der Waals surface area contributed by atoms with Crippen molar-refractivity contribution < 1.29 is 4.74 Å². The van der Waals surface area contributed by atoms with Gasteiger partial charge in [-0.15, -0.1) is 0 Å². The van der Waals surface area contributed by atoms with E-state index in [1.807, 2.05) is 36.4 Å². The Balaban J connectivity index is 1.80. The van der Waals surface area contributed by atoms with Crippen LogP contribution in [0.15, 0.2) is 90.0 Å². The Hall–Kier alpha value is -3.07. The number of hydrogen-bond donors (Lipinski definition) is 0. The van der Waals surface area contributed by atoms with Gasteiger partial charge in [-0.3, -0.25) is 5.01 Å². The molecule has 26 heavy (non-hydrogen) atoms. The summed E-state index contributed by atoms with van der Waals surface area (Å²) in [5.74, 6) is 0.873. The number of ether oxygens (including phenoxy) is 1. The molecule has 0 amide bonds. The van der Waals surface area contributed by atoms with Gasteiger partial charge in [0.25, 0.3) is 0 Å². The number of methoxy groups -OCH3 is 1. The molecule has 3 rings (SSSR count). The maximum Gasteiger partial charge on any atom is 0.118 e. The van der Waals surface area contributed by atoms with Crippen LogP contribution in [-0.4, -0.2) is 12.8 Å². The van der Waals surface area contributed by atoms with Gasteiger partial charge >= 0.3 is 0 Å². The fraction of sp³-hybridized carbons (Fsp3) is 0.174. The van der Waals surface area contributed by atoms with Crippen LogP contribution in [0, 0.1) is 0 Å². The molecule has 3 aromatic carbocycles. The minimum atomic E-state index is 0.741. The van der Waals surface area contributed by atoms with Crippen molar-refractivity contribution in [3.05, 3.63) is 96.1 Å². The lowest BCUT2D eigenvalue weighted by Crippen LogP contribution is -2.18. The number of anilines is 1. The van der Waals surface area contributed by atoms with Gasteiger partial charge in [-0.1, -0.05) is 60.7 Å². The van der Waals surface area contributed by atoms with Crippen LogP contribution in [0.25, 0.3) is 0 Å². The maximum atomic E-state index is 5.22. The molecule has 3 aromatic rings. The van der Waals surface area contributed by atoms with Crippen LogP contribution in [0.1, 0.15) is 18.1 Å². The molecular formula is C23H24N2O. The predicted octanol–water partition coefficient (Wildman–Crippen LogP) is 5.32. The Morgan fingerprint density at radius 1 is 0.808 bits per heavy atom. The molecule has 0 unspecified atom stereocenters. The molecule has 3 heteroatoms. The average Bonchev–Trinajstić information content (AvgIpc) is 2.69. The summed E-state index contributed by atoms with van der Waals surface area (Å²) in [4.78, 5) is 0. The summed E-state index contributed by atoms with van der Waals surface area (Å²) in [5, 5.41) is 6.96. The molecular weight excluding hydrogens is 320 g/mol. The van der Waals surface area contributed by atoms with Crippen molar-refractivity contribution in [3.63, 3.8) is 0 Å². The summed E-state index contributed by atoms with van der Waals surface area (Å²) in [7, 11) is 1.68. The highest BCUT2D eigenvalue weighted by atomic mass is 16.5. The third kappa shape index (κ3) is 4.96. The van der Waals surface area contributed by atoms with Gasteiger partial charge in [-0.05, 0) is 42.3 Å². The quantitative estimate of drug-likeness (QED) is 0.428. The van der Waals surface area contributed by atoms with Crippen LogP contribution in [0.3, 0.4) is 0 Å². The molecule has 0 aromatic heterocycles. The molecule has 0 N–H and O–H groups in total. The standard InChI is InChI=1S/C23H24N2O/c1-19(17-20-13-15-23(26-2)16-14-20)24-25(22-11-7-4-8-12-22)18-21-9-5-3-6-10-21/h3-16H,17-18H2,1-2H3. The summed E-state index contributed by atoms with van der Waals surface area (Å²) in [6.07, 6.45) is 0.808. The largest absolute Gasteiger partial charge is 0.497 e. The summed E-state index contributed by atoms with van der Waals surface area (Å²) < 4.78 is 5.22. The second-order valence-electron chi connectivity index (χ2n) is 6.24. The fourth-order valence-electron chi connectivity index (χ4n) is 2.82. The van der Waals surface area contributed by atoms with Crippen LogP contribution in [-0.2, 0) is 13.0 Å². The minimum absolute atomic E-state index is 0.741. The summed E-state index contributed by atoms with van der Waals surface area (Å²) in [5.41, 5.74) is 4.61. The van der Waals surface area contributed by atoms with Gasteiger partial charge in [0.1, 0.15) is 5.75 Å². The Morgan fingerprint density at radius 3 is 2.04 bits per heavy atom. The zero-order valence-corrected chi connectivity index (χ0v) is 15.3. The van der Waals surface area contributed by atoms with Gasteiger partial charge in [0, 0.05) is 12.1 Å². The first-order chi connectivity index (χ1) is 12.7. The van der Waals surface area contributed by atoms with Crippen molar-refractivity contribution in [2.45, 2.75) is 19.9 Å². The smallest absolute Gasteiger partial charge is 0.118 e. The third-order valence-electron chi connectivity index (χ3n) is 4.14. The number of rotatable bonds is 7. The lowest BCUT2D eigenvalue weighted by atomic mass is 10.1. The first kappa shape index (κ1) is 17.7. The molecule has 0 spiro atoms. The highest BCUT2D eigenvalue weighted by Crippen LogP contribution is 2.18. The highest BCUT2D eigenvalue weighted by Gasteiger charge is 2.07. The molecule has 0 radical (unpaired) electrons. The molecule has 0 fully saturated rings. The molecule has 0 aliphatic heterocycles. The molecule has 0 saturated carbocycles. The van der Waals surface area contributed by atoms with E-state index in [2.05, 4.69) is 60.5 Å². The van der Waals surface area contributed by atoms with Gasteiger partial charge < -0.3 is 4.74 Å². The lowest BCUT2D eigenvalue weighted by Gasteiger charge is -2.20. The monoisotopic (exact) mass is 344 g/mol. The van der Waals surface area contributed by atoms with Crippen LogP contribution in [0.2, 0.25) is 0 Å². The Labute approximate surface area is 155 Å². The van der Waals surface area contributed by atoms with Crippen molar-refractivity contribution in [1.29, 1.82) is 0 Å². The van der Waals surface area contributed by atoms with E-state index in [1.54, 1.807) is 7.11 Å². The molecule has 0 bridgehead atoms. The fourth-order valence-corrected chi connectivity index (χ4v) is 2.82. The number of nitrogens with zero attached hydrogens (tertiary/aromatic N) is 2. The van der Waals surface area contributed by atoms with Crippen molar-refractivity contribution in [3.8, 4) is 5.75 Å². The molecule has 0 aliphatic rings.